The number of benzene rings is 1. The highest BCUT2D eigenvalue weighted by atomic mass is 32.1. The van der Waals surface area contributed by atoms with Crippen LogP contribution in [0.4, 0.5) is 5.69 Å². The molecule has 0 saturated heterocycles. The number of anilines is 1. The van der Waals surface area contributed by atoms with E-state index in [1.165, 1.54) is 23.5 Å². The SMILES string of the molecule is Cc1ccc(N2CC(O)(c3cccs3)[N+]3=C2CCCC3)cc1. The zero-order chi connectivity index (χ0) is 15.2. The van der Waals surface area contributed by atoms with Crippen LogP contribution in [0.15, 0.2) is 41.8 Å². The van der Waals surface area contributed by atoms with Gasteiger partial charge in [-0.25, -0.2) is 9.48 Å². The largest absolute Gasteiger partial charge is 0.346 e. The summed E-state index contributed by atoms with van der Waals surface area (Å²) in [5.41, 5.74) is 1.57. The van der Waals surface area contributed by atoms with Gasteiger partial charge in [-0.3, -0.25) is 0 Å². The number of hydrogen-bond donors (Lipinski definition) is 1. The Labute approximate surface area is 135 Å². The number of hydrogen-bond acceptors (Lipinski definition) is 3. The first-order valence-corrected chi connectivity index (χ1v) is 8.80. The number of β-amino-alcohol motifs (C(OH)–C–C–N with tert-alkyl or cyclic N) is 1. The molecule has 22 heavy (non-hydrogen) atoms. The Morgan fingerprint density at radius 1 is 1.18 bits per heavy atom. The Bertz CT molecular complexity index is 705. The van der Waals surface area contributed by atoms with Gasteiger partial charge in [0.15, 0.2) is 6.54 Å². The number of rotatable bonds is 2. The van der Waals surface area contributed by atoms with Crippen LogP contribution in [0.2, 0.25) is 0 Å². The van der Waals surface area contributed by atoms with Crippen molar-refractivity contribution in [2.45, 2.75) is 31.9 Å². The average molecular weight is 313 g/mol. The minimum absolute atomic E-state index is 0.617. The van der Waals surface area contributed by atoms with E-state index in [4.69, 9.17) is 0 Å². The highest BCUT2D eigenvalue weighted by Gasteiger charge is 2.53. The van der Waals surface area contributed by atoms with Crippen LogP contribution in [0.5, 0.6) is 0 Å². The van der Waals surface area contributed by atoms with Crippen molar-refractivity contribution in [2.75, 3.05) is 18.0 Å². The molecule has 0 radical (unpaired) electrons. The number of aliphatic hydroxyl groups is 1. The van der Waals surface area contributed by atoms with Crippen LogP contribution in [0.25, 0.3) is 0 Å². The summed E-state index contributed by atoms with van der Waals surface area (Å²) < 4.78 is 2.22. The van der Waals surface area contributed by atoms with Gasteiger partial charge < -0.3 is 5.11 Å². The molecule has 1 aromatic carbocycles. The van der Waals surface area contributed by atoms with E-state index in [0.29, 0.717) is 6.54 Å². The van der Waals surface area contributed by atoms with Gasteiger partial charge in [0, 0.05) is 6.42 Å². The van der Waals surface area contributed by atoms with E-state index in [1.54, 1.807) is 11.3 Å². The van der Waals surface area contributed by atoms with E-state index < -0.39 is 5.72 Å². The predicted molar refractivity (Wildman–Crippen MR) is 90.7 cm³/mol. The molecule has 0 aliphatic carbocycles. The molecule has 2 aliphatic rings. The van der Waals surface area contributed by atoms with E-state index >= 15 is 0 Å². The molecular weight excluding hydrogens is 292 g/mol. The third kappa shape index (κ3) is 2.09. The smallest absolute Gasteiger partial charge is 0.280 e. The van der Waals surface area contributed by atoms with Gasteiger partial charge in [0.05, 0.1) is 11.4 Å². The van der Waals surface area contributed by atoms with Gasteiger partial charge in [-0.1, -0.05) is 23.8 Å². The molecule has 2 aliphatic heterocycles. The molecule has 3 heterocycles. The van der Waals surface area contributed by atoms with Crippen molar-refractivity contribution in [3.63, 3.8) is 0 Å². The summed E-state index contributed by atoms with van der Waals surface area (Å²) in [6.45, 7) is 3.66. The fraction of sp³-hybridized carbons (Fsp3) is 0.389. The summed E-state index contributed by atoms with van der Waals surface area (Å²) in [6, 6.07) is 12.7. The third-order valence-corrected chi connectivity index (χ3v) is 5.75. The second-order valence-corrected chi connectivity index (χ2v) is 7.19. The Morgan fingerprint density at radius 2 is 2.00 bits per heavy atom. The predicted octanol–water partition coefficient (Wildman–Crippen LogP) is 3.32. The topological polar surface area (TPSA) is 26.5 Å². The number of aryl methyl sites for hydroxylation is 1. The summed E-state index contributed by atoms with van der Waals surface area (Å²) in [6.07, 6.45) is 3.40. The van der Waals surface area contributed by atoms with Gasteiger partial charge in [0.25, 0.3) is 11.6 Å². The van der Waals surface area contributed by atoms with Crippen LogP contribution in [0.3, 0.4) is 0 Å². The Balaban J connectivity index is 1.79. The van der Waals surface area contributed by atoms with Crippen molar-refractivity contribution in [1.82, 2.24) is 0 Å². The Morgan fingerprint density at radius 3 is 2.73 bits per heavy atom. The van der Waals surface area contributed by atoms with Crippen molar-refractivity contribution in [2.24, 2.45) is 0 Å². The summed E-state index contributed by atoms with van der Waals surface area (Å²) in [4.78, 5) is 3.35. The monoisotopic (exact) mass is 313 g/mol. The van der Waals surface area contributed by atoms with Gasteiger partial charge in [-0.2, -0.15) is 0 Å². The third-order valence-electron chi connectivity index (χ3n) is 4.74. The quantitative estimate of drug-likeness (QED) is 0.861. The van der Waals surface area contributed by atoms with E-state index in [-0.39, 0.29) is 0 Å². The number of nitrogens with zero attached hydrogens (tertiary/aromatic N) is 2. The van der Waals surface area contributed by atoms with Crippen LogP contribution in [0, 0.1) is 6.92 Å². The zero-order valence-corrected chi connectivity index (χ0v) is 13.6. The molecule has 1 unspecified atom stereocenters. The number of thiophene rings is 1. The minimum Gasteiger partial charge on any atom is -0.346 e. The lowest BCUT2D eigenvalue weighted by Crippen LogP contribution is -2.40. The van der Waals surface area contributed by atoms with Crippen LogP contribution in [-0.4, -0.2) is 28.6 Å². The van der Waals surface area contributed by atoms with Crippen molar-refractivity contribution in [3.8, 4) is 0 Å². The first kappa shape index (κ1) is 14.0. The summed E-state index contributed by atoms with van der Waals surface area (Å²) in [5.74, 6) is 1.27. The lowest BCUT2D eigenvalue weighted by Gasteiger charge is -2.22. The maximum Gasteiger partial charge on any atom is 0.280 e. The van der Waals surface area contributed by atoms with E-state index in [0.717, 1.165) is 24.3 Å². The van der Waals surface area contributed by atoms with Gasteiger partial charge >= 0.3 is 0 Å². The molecule has 3 nitrogen and oxygen atoms in total. The van der Waals surface area contributed by atoms with Gasteiger partial charge in [-0.15, -0.1) is 11.3 Å². The first-order valence-electron chi connectivity index (χ1n) is 7.92. The Kier molecular flexibility index (Phi) is 3.31. The lowest BCUT2D eigenvalue weighted by molar-refractivity contribution is -0.660. The molecule has 4 heteroatoms. The molecule has 1 aromatic heterocycles. The van der Waals surface area contributed by atoms with Crippen molar-refractivity contribution in [1.29, 1.82) is 0 Å². The van der Waals surface area contributed by atoms with Crippen LogP contribution in [0.1, 0.15) is 29.7 Å². The summed E-state index contributed by atoms with van der Waals surface area (Å²) >= 11 is 1.64. The van der Waals surface area contributed by atoms with Crippen molar-refractivity contribution in [3.05, 3.63) is 52.2 Å². The molecule has 0 amide bonds. The molecule has 0 bridgehead atoms. The first-order chi connectivity index (χ1) is 10.7. The molecule has 1 atom stereocenters. The summed E-state index contributed by atoms with van der Waals surface area (Å²) in [7, 11) is 0. The molecular formula is C18H21N2OS+. The normalized spacial score (nSPS) is 24.7. The molecule has 4 rings (SSSR count). The number of amidine groups is 1. The standard InChI is InChI=1S/C18H21N2OS/c1-14-7-9-15(10-8-14)19-13-18(21,16-5-4-12-22-16)20-11-3-2-6-17(19)20/h4-5,7-10,12,21H,2-3,6,11,13H2,1H3/q+1. The van der Waals surface area contributed by atoms with Crippen LogP contribution >= 0.6 is 11.3 Å². The van der Waals surface area contributed by atoms with Gasteiger partial charge in [0.2, 0.25) is 0 Å². The van der Waals surface area contributed by atoms with Crippen molar-refractivity contribution < 1.29 is 9.68 Å². The maximum absolute atomic E-state index is 11.4. The molecule has 0 spiro atoms. The fourth-order valence-corrected chi connectivity index (χ4v) is 4.40. The van der Waals surface area contributed by atoms with Crippen LogP contribution < -0.4 is 4.90 Å². The van der Waals surface area contributed by atoms with Gasteiger partial charge in [-0.05, 0) is 43.3 Å². The highest BCUT2D eigenvalue weighted by Crippen LogP contribution is 2.37. The van der Waals surface area contributed by atoms with E-state index in [1.807, 2.05) is 11.4 Å². The zero-order valence-electron chi connectivity index (χ0n) is 12.8. The lowest BCUT2D eigenvalue weighted by atomic mass is 10.1. The fourth-order valence-electron chi connectivity index (χ4n) is 3.58. The molecule has 114 valence electrons. The average Bonchev–Trinajstić information content (AvgIpc) is 3.17. The van der Waals surface area contributed by atoms with Gasteiger partial charge in [0.1, 0.15) is 5.69 Å². The van der Waals surface area contributed by atoms with Crippen molar-refractivity contribution >= 4 is 22.9 Å². The minimum atomic E-state index is -0.880. The van der Waals surface area contributed by atoms with Crippen LogP contribution in [-0.2, 0) is 5.72 Å². The molecule has 2 aromatic rings. The van der Waals surface area contributed by atoms with E-state index in [2.05, 4.69) is 46.7 Å². The highest BCUT2D eigenvalue weighted by molar-refractivity contribution is 7.10. The summed E-state index contributed by atoms with van der Waals surface area (Å²) in [5, 5.41) is 13.5. The molecule has 0 fully saturated rings. The maximum atomic E-state index is 11.4. The second-order valence-electron chi connectivity index (χ2n) is 6.24. The molecule has 1 N–H and O–H groups in total. The molecule has 0 saturated carbocycles. The second kappa shape index (κ2) is 5.21. The Hall–Kier alpha value is -1.65. The van der Waals surface area contributed by atoms with E-state index in [9.17, 15) is 5.11 Å².